The Morgan fingerprint density at radius 3 is 2.30 bits per heavy atom. The van der Waals surface area contributed by atoms with Crippen LogP contribution in [-0.2, 0) is 9.53 Å². The van der Waals surface area contributed by atoms with Crippen LogP contribution < -0.4 is 10.1 Å². The smallest absolute Gasteiger partial charge is 0.408 e. The molecule has 0 heterocycles. The molecule has 0 spiro atoms. The molecule has 1 atom stereocenters. The first-order chi connectivity index (χ1) is 12.4. The van der Waals surface area contributed by atoms with Crippen LogP contribution in [0.15, 0.2) is 17.8 Å². The van der Waals surface area contributed by atoms with E-state index in [0.29, 0.717) is 13.1 Å². The molecule has 1 rings (SSSR count). The molecular formula is C16H15F6NO4. The van der Waals surface area contributed by atoms with Crippen molar-refractivity contribution in [2.45, 2.75) is 26.1 Å². The van der Waals surface area contributed by atoms with Gasteiger partial charge in [0.05, 0.1) is 19.3 Å². The fourth-order valence-corrected chi connectivity index (χ4v) is 1.80. The summed E-state index contributed by atoms with van der Waals surface area (Å²) in [6.45, 7) is 1.81. The van der Waals surface area contributed by atoms with Crippen LogP contribution in [0, 0.1) is 17.5 Å². The molecule has 0 saturated carbocycles. The number of benzene rings is 1. The summed E-state index contributed by atoms with van der Waals surface area (Å²) in [7, 11) is 0.809. The largest absolute Gasteiger partial charge is 0.491 e. The van der Waals surface area contributed by atoms with Gasteiger partial charge in [0.15, 0.2) is 17.4 Å². The molecule has 1 aromatic rings. The van der Waals surface area contributed by atoms with E-state index < -0.39 is 58.3 Å². The van der Waals surface area contributed by atoms with E-state index in [1.54, 1.807) is 5.32 Å². The van der Waals surface area contributed by atoms with Gasteiger partial charge in [0.2, 0.25) is 11.6 Å². The van der Waals surface area contributed by atoms with Gasteiger partial charge in [-0.25, -0.2) is 13.6 Å². The average molecular weight is 399 g/mol. The molecule has 1 aromatic carbocycles. The van der Waals surface area contributed by atoms with E-state index in [2.05, 4.69) is 9.47 Å². The molecule has 0 fully saturated rings. The van der Waals surface area contributed by atoms with E-state index in [0.717, 1.165) is 7.11 Å². The van der Waals surface area contributed by atoms with Crippen molar-refractivity contribution in [3.8, 4) is 5.75 Å². The van der Waals surface area contributed by atoms with Gasteiger partial charge in [-0.3, -0.25) is 4.79 Å². The number of esters is 1. The van der Waals surface area contributed by atoms with Gasteiger partial charge in [0.25, 0.3) is 0 Å². The Balaban J connectivity index is 3.41. The zero-order chi connectivity index (χ0) is 20.9. The number of rotatable bonds is 7. The van der Waals surface area contributed by atoms with Crippen LogP contribution in [0.2, 0.25) is 0 Å². The van der Waals surface area contributed by atoms with Crippen molar-refractivity contribution in [2.24, 2.45) is 0 Å². The van der Waals surface area contributed by atoms with Gasteiger partial charge in [0, 0.05) is 6.20 Å². The van der Waals surface area contributed by atoms with Gasteiger partial charge < -0.3 is 14.8 Å². The summed E-state index contributed by atoms with van der Waals surface area (Å²) < 4.78 is 87.9. The summed E-state index contributed by atoms with van der Waals surface area (Å²) >= 11 is 0. The zero-order valence-electron chi connectivity index (χ0n) is 14.3. The molecule has 0 aliphatic carbocycles. The van der Waals surface area contributed by atoms with E-state index in [1.807, 2.05) is 0 Å². The normalized spacial score (nSPS) is 13.1. The Kier molecular flexibility index (Phi) is 7.26. The molecule has 27 heavy (non-hydrogen) atoms. The first kappa shape index (κ1) is 22.3. The summed E-state index contributed by atoms with van der Waals surface area (Å²) in [4.78, 5) is 24.3. The van der Waals surface area contributed by atoms with Gasteiger partial charge in [-0.2, -0.15) is 17.6 Å². The number of hydrogen-bond acceptors (Lipinski definition) is 5. The third kappa shape index (κ3) is 5.14. The Bertz CT molecular complexity index is 760. The van der Waals surface area contributed by atoms with Crippen LogP contribution in [0.25, 0.3) is 0 Å². The summed E-state index contributed by atoms with van der Waals surface area (Å²) in [5, 5.41) is 1.76. The molecule has 0 amide bonds. The molecule has 11 heteroatoms. The first-order valence-corrected chi connectivity index (χ1v) is 7.41. The van der Waals surface area contributed by atoms with Gasteiger partial charge in [0.1, 0.15) is 11.6 Å². The standard InChI is InChI=1S/C16H15F6NO4/c1-4-27-15(25)9(6-23-7(2)16(20,21)22)13(24)8-5-10(17)12(19)14(26-3)11(8)18/h5-7,23H,4H2,1-3H3/t7-/m0/s1. The van der Waals surface area contributed by atoms with Crippen molar-refractivity contribution in [1.29, 1.82) is 0 Å². The number of ether oxygens (including phenoxy) is 2. The number of nitrogens with one attached hydrogen (secondary N) is 1. The number of methoxy groups -OCH3 is 1. The van der Waals surface area contributed by atoms with Crippen molar-refractivity contribution in [1.82, 2.24) is 5.32 Å². The lowest BCUT2D eigenvalue weighted by Gasteiger charge is -2.16. The lowest BCUT2D eigenvalue weighted by atomic mass is 10.0. The Morgan fingerprint density at radius 1 is 1.22 bits per heavy atom. The molecule has 0 unspecified atom stereocenters. The fourth-order valence-electron chi connectivity index (χ4n) is 1.80. The Labute approximate surface area is 149 Å². The van der Waals surface area contributed by atoms with Gasteiger partial charge >= 0.3 is 12.1 Å². The second-order valence-electron chi connectivity index (χ2n) is 5.10. The molecule has 0 bridgehead atoms. The predicted molar refractivity (Wildman–Crippen MR) is 80.6 cm³/mol. The van der Waals surface area contributed by atoms with E-state index in [9.17, 15) is 35.9 Å². The molecule has 1 N–H and O–H groups in total. The third-order valence-electron chi connectivity index (χ3n) is 3.27. The number of carbonyl (C=O) groups excluding carboxylic acids is 2. The van der Waals surface area contributed by atoms with Crippen LogP contribution in [0.4, 0.5) is 26.3 Å². The Morgan fingerprint density at radius 2 is 1.81 bits per heavy atom. The summed E-state index contributed by atoms with van der Waals surface area (Å²) in [5.41, 5.74) is -2.16. The second kappa shape index (κ2) is 8.78. The highest BCUT2D eigenvalue weighted by Gasteiger charge is 2.36. The molecular weight excluding hydrogens is 384 g/mol. The van der Waals surface area contributed by atoms with Gasteiger partial charge in [-0.15, -0.1) is 0 Å². The monoisotopic (exact) mass is 399 g/mol. The number of hydrogen-bond donors (Lipinski definition) is 1. The number of carbonyl (C=O) groups is 2. The highest BCUT2D eigenvalue weighted by Crippen LogP contribution is 2.28. The minimum Gasteiger partial charge on any atom is -0.491 e. The van der Waals surface area contributed by atoms with Crippen molar-refractivity contribution < 1.29 is 45.4 Å². The minimum absolute atomic E-state index is 0.162. The second-order valence-corrected chi connectivity index (χ2v) is 5.10. The molecule has 0 aromatic heterocycles. The van der Waals surface area contributed by atoms with Crippen molar-refractivity contribution in [3.63, 3.8) is 0 Å². The summed E-state index contributed by atoms with van der Waals surface area (Å²) in [5.74, 6) is -9.12. The molecule has 0 saturated heterocycles. The molecule has 0 aliphatic rings. The number of alkyl halides is 3. The molecule has 150 valence electrons. The highest BCUT2D eigenvalue weighted by molar-refractivity contribution is 6.24. The predicted octanol–water partition coefficient (Wildman–Crippen LogP) is 3.28. The van der Waals surface area contributed by atoms with Crippen molar-refractivity contribution in [2.75, 3.05) is 13.7 Å². The fraction of sp³-hybridized carbons (Fsp3) is 0.375. The maximum absolute atomic E-state index is 14.2. The van der Waals surface area contributed by atoms with Crippen molar-refractivity contribution >= 4 is 11.8 Å². The van der Waals surface area contributed by atoms with E-state index >= 15 is 0 Å². The Hall–Kier alpha value is -2.72. The van der Waals surface area contributed by atoms with E-state index in [-0.39, 0.29) is 12.7 Å². The summed E-state index contributed by atoms with van der Waals surface area (Å²) in [6, 6.07) is -2.01. The minimum atomic E-state index is -4.71. The van der Waals surface area contributed by atoms with Crippen LogP contribution in [0.1, 0.15) is 24.2 Å². The first-order valence-electron chi connectivity index (χ1n) is 7.41. The molecule has 0 radical (unpaired) electrons. The quantitative estimate of drug-likeness (QED) is 0.145. The molecule has 5 nitrogen and oxygen atoms in total. The number of ketones is 1. The number of halogens is 6. The van der Waals surface area contributed by atoms with Crippen LogP contribution >= 0.6 is 0 Å². The summed E-state index contributed by atoms with van der Waals surface area (Å²) in [6.07, 6.45) is -4.33. The van der Waals surface area contributed by atoms with Gasteiger partial charge in [-0.1, -0.05) is 0 Å². The SMILES string of the molecule is CCOC(=O)C(=CN[C@@H](C)C(F)(F)F)C(=O)c1cc(F)c(F)c(OC)c1F. The van der Waals surface area contributed by atoms with Crippen LogP contribution in [-0.4, -0.2) is 37.7 Å². The average Bonchev–Trinajstić information content (AvgIpc) is 2.57. The van der Waals surface area contributed by atoms with Crippen LogP contribution in [0.3, 0.4) is 0 Å². The zero-order valence-corrected chi connectivity index (χ0v) is 14.3. The van der Waals surface area contributed by atoms with E-state index in [1.165, 1.54) is 6.92 Å². The maximum Gasteiger partial charge on any atom is 0.408 e. The highest BCUT2D eigenvalue weighted by atomic mass is 19.4. The third-order valence-corrected chi connectivity index (χ3v) is 3.27. The molecule has 0 aliphatic heterocycles. The lowest BCUT2D eigenvalue weighted by molar-refractivity contribution is -0.149. The van der Waals surface area contributed by atoms with Crippen molar-refractivity contribution in [3.05, 3.63) is 40.9 Å². The van der Waals surface area contributed by atoms with Crippen LogP contribution in [0.5, 0.6) is 5.75 Å². The van der Waals surface area contributed by atoms with E-state index in [4.69, 9.17) is 0 Å². The topological polar surface area (TPSA) is 64.6 Å². The maximum atomic E-state index is 14.2. The number of Topliss-reactive ketones (excluding diaryl/α,β-unsaturated/α-hetero) is 1. The van der Waals surface area contributed by atoms with Gasteiger partial charge in [-0.05, 0) is 19.9 Å². The lowest BCUT2D eigenvalue weighted by Crippen LogP contribution is -2.37.